The highest BCUT2D eigenvalue weighted by Crippen LogP contribution is 2.28. The average molecular weight is 361 g/mol. The second-order valence-electron chi connectivity index (χ2n) is 6.19. The van der Waals surface area contributed by atoms with Crippen LogP contribution in [0.4, 0.5) is 10.5 Å². The van der Waals surface area contributed by atoms with Crippen LogP contribution in [-0.2, 0) is 9.53 Å². The van der Waals surface area contributed by atoms with Gasteiger partial charge in [0.2, 0.25) is 5.91 Å². The average Bonchev–Trinajstić information content (AvgIpc) is 2.98. The highest BCUT2D eigenvalue weighted by Gasteiger charge is 2.24. The molecule has 0 unspecified atom stereocenters. The topological polar surface area (TPSA) is 88.2 Å². The predicted molar refractivity (Wildman–Crippen MR) is 94.3 cm³/mol. The number of nitrogens with zero attached hydrogens (tertiary/aromatic N) is 2. The SMILES string of the molecule is CCOC(=O)N1CCCN(C(=O)c2ccc3c(c2)NC(=O)CCO3)CC1. The third-order valence-electron chi connectivity index (χ3n) is 4.40. The second kappa shape index (κ2) is 8.07. The molecule has 0 bridgehead atoms. The van der Waals surface area contributed by atoms with Crippen molar-refractivity contribution in [1.82, 2.24) is 9.80 Å². The molecule has 0 spiro atoms. The summed E-state index contributed by atoms with van der Waals surface area (Å²) < 4.78 is 10.5. The molecule has 0 aromatic heterocycles. The lowest BCUT2D eigenvalue weighted by atomic mass is 10.1. The molecule has 2 heterocycles. The number of hydrogen-bond acceptors (Lipinski definition) is 5. The maximum absolute atomic E-state index is 12.8. The number of carbonyl (C=O) groups is 3. The fraction of sp³-hybridized carbons (Fsp3) is 0.500. The van der Waals surface area contributed by atoms with Gasteiger partial charge in [-0.1, -0.05) is 0 Å². The van der Waals surface area contributed by atoms with Crippen LogP contribution in [0.25, 0.3) is 0 Å². The van der Waals surface area contributed by atoms with Crippen molar-refractivity contribution in [2.75, 3.05) is 44.7 Å². The zero-order chi connectivity index (χ0) is 18.5. The number of amides is 3. The fourth-order valence-electron chi connectivity index (χ4n) is 3.05. The Morgan fingerprint density at radius 3 is 2.77 bits per heavy atom. The number of nitrogens with one attached hydrogen (secondary N) is 1. The number of ether oxygens (including phenoxy) is 2. The normalized spacial score (nSPS) is 17.3. The van der Waals surface area contributed by atoms with Crippen LogP contribution in [0.15, 0.2) is 18.2 Å². The molecule has 26 heavy (non-hydrogen) atoms. The summed E-state index contributed by atoms with van der Waals surface area (Å²) in [7, 11) is 0. The van der Waals surface area contributed by atoms with Gasteiger partial charge in [-0.05, 0) is 31.5 Å². The maximum atomic E-state index is 12.8. The van der Waals surface area contributed by atoms with Gasteiger partial charge in [-0.3, -0.25) is 9.59 Å². The van der Waals surface area contributed by atoms with E-state index in [-0.39, 0.29) is 24.3 Å². The molecule has 1 aromatic rings. The minimum absolute atomic E-state index is 0.128. The van der Waals surface area contributed by atoms with Crippen LogP contribution in [0.1, 0.15) is 30.1 Å². The van der Waals surface area contributed by atoms with Crippen molar-refractivity contribution < 1.29 is 23.9 Å². The Hall–Kier alpha value is -2.77. The summed E-state index contributed by atoms with van der Waals surface area (Å²) in [5.74, 6) is 0.307. The molecule has 3 amide bonds. The number of anilines is 1. The lowest BCUT2D eigenvalue weighted by Gasteiger charge is -2.22. The van der Waals surface area contributed by atoms with Crippen LogP contribution < -0.4 is 10.1 Å². The molecule has 1 fully saturated rings. The Bertz CT molecular complexity index is 706. The lowest BCUT2D eigenvalue weighted by Crippen LogP contribution is -2.37. The van der Waals surface area contributed by atoms with E-state index in [0.717, 1.165) is 0 Å². The predicted octanol–water partition coefficient (Wildman–Crippen LogP) is 1.71. The van der Waals surface area contributed by atoms with E-state index in [0.29, 0.717) is 62.8 Å². The minimum atomic E-state index is -0.341. The molecule has 0 atom stereocenters. The van der Waals surface area contributed by atoms with Gasteiger partial charge in [-0.25, -0.2) is 4.79 Å². The Labute approximate surface area is 152 Å². The molecule has 1 saturated heterocycles. The van der Waals surface area contributed by atoms with Gasteiger partial charge in [0.05, 0.1) is 25.3 Å². The molecule has 0 aliphatic carbocycles. The third kappa shape index (κ3) is 4.07. The lowest BCUT2D eigenvalue weighted by molar-refractivity contribution is -0.116. The molecular weight excluding hydrogens is 338 g/mol. The van der Waals surface area contributed by atoms with E-state index in [9.17, 15) is 14.4 Å². The number of fused-ring (bicyclic) bond motifs is 1. The summed E-state index contributed by atoms with van der Waals surface area (Å²) in [4.78, 5) is 39.8. The van der Waals surface area contributed by atoms with Gasteiger partial charge < -0.3 is 24.6 Å². The number of rotatable bonds is 2. The van der Waals surface area contributed by atoms with Crippen LogP contribution in [0.2, 0.25) is 0 Å². The standard InChI is InChI=1S/C18H23N3O5/c1-2-25-18(24)21-8-3-7-20(9-10-21)17(23)13-4-5-15-14(12-13)19-16(22)6-11-26-15/h4-5,12H,2-3,6-11H2,1H3,(H,19,22). The summed E-state index contributed by atoms with van der Waals surface area (Å²) in [6.07, 6.45) is 0.634. The van der Waals surface area contributed by atoms with E-state index in [2.05, 4.69) is 5.32 Å². The molecule has 140 valence electrons. The number of hydrogen-bond donors (Lipinski definition) is 1. The Kier molecular flexibility index (Phi) is 5.60. The smallest absolute Gasteiger partial charge is 0.409 e. The van der Waals surface area contributed by atoms with Crippen LogP contribution >= 0.6 is 0 Å². The molecule has 2 aliphatic heterocycles. The van der Waals surface area contributed by atoms with Crippen molar-refractivity contribution in [3.05, 3.63) is 23.8 Å². The minimum Gasteiger partial charge on any atom is -0.491 e. The maximum Gasteiger partial charge on any atom is 0.409 e. The van der Waals surface area contributed by atoms with E-state index >= 15 is 0 Å². The van der Waals surface area contributed by atoms with Gasteiger partial charge in [0.1, 0.15) is 5.75 Å². The second-order valence-corrected chi connectivity index (χ2v) is 6.19. The first-order valence-corrected chi connectivity index (χ1v) is 8.86. The molecular formula is C18H23N3O5. The van der Waals surface area contributed by atoms with Crippen molar-refractivity contribution in [3.8, 4) is 5.75 Å². The molecule has 8 heteroatoms. The van der Waals surface area contributed by atoms with Gasteiger partial charge in [-0.15, -0.1) is 0 Å². The molecule has 8 nitrogen and oxygen atoms in total. The molecule has 2 aliphatic rings. The highest BCUT2D eigenvalue weighted by molar-refractivity contribution is 5.98. The molecule has 0 saturated carbocycles. The van der Waals surface area contributed by atoms with E-state index in [1.807, 2.05) is 0 Å². The highest BCUT2D eigenvalue weighted by atomic mass is 16.6. The summed E-state index contributed by atoms with van der Waals surface area (Å²) in [6.45, 7) is 4.44. The van der Waals surface area contributed by atoms with Crippen LogP contribution in [0.5, 0.6) is 5.75 Å². The molecule has 0 radical (unpaired) electrons. The Balaban J connectivity index is 1.69. The van der Waals surface area contributed by atoms with Crippen molar-refractivity contribution in [1.29, 1.82) is 0 Å². The van der Waals surface area contributed by atoms with Crippen molar-refractivity contribution in [2.24, 2.45) is 0 Å². The van der Waals surface area contributed by atoms with Crippen molar-refractivity contribution in [3.63, 3.8) is 0 Å². The third-order valence-corrected chi connectivity index (χ3v) is 4.40. The molecule has 1 N–H and O–H groups in total. The zero-order valence-corrected chi connectivity index (χ0v) is 14.8. The van der Waals surface area contributed by atoms with Gasteiger partial charge in [0.15, 0.2) is 0 Å². The van der Waals surface area contributed by atoms with Crippen LogP contribution in [0, 0.1) is 0 Å². The van der Waals surface area contributed by atoms with E-state index in [4.69, 9.17) is 9.47 Å². The van der Waals surface area contributed by atoms with E-state index < -0.39 is 0 Å². The zero-order valence-electron chi connectivity index (χ0n) is 14.8. The Morgan fingerprint density at radius 1 is 1.19 bits per heavy atom. The number of carbonyl (C=O) groups excluding carboxylic acids is 3. The van der Waals surface area contributed by atoms with Gasteiger partial charge in [0, 0.05) is 31.7 Å². The molecule has 1 aromatic carbocycles. The van der Waals surface area contributed by atoms with Crippen LogP contribution in [0.3, 0.4) is 0 Å². The first-order valence-electron chi connectivity index (χ1n) is 8.86. The summed E-state index contributed by atoms with van der Waals surface area (Å²) in [6, 6.07) is 5.05. The van der Waals surface area contributed by atoms with Gasteiger partial charge >= 0.3 is 6.09 Å². The summed E-state index contributed by atoms with van der Waals surface area (Å²) in [5.41, 5.74) is 1.00. The summed E-state index contributed by atoms with van der Waals surface area (Å²) >= 11 is 0. The van der Waals surface area contributed by atoms with Crippen molar-refractivity contribution >= 4 is 23.6 Å². The summed E-state index contributed by atoms with van der Waals surface area (Å²) in [5, 5.41) is 2.76. The molecule has 3 rings (SSSR count). The van der Waals surface area contributed by atoms with Crippen molar-refractivity contribution in [2.45, 2.75) is 19.8 Å². The Morgan fingerprint density at radius 2 is 1.96 bits per heavy atom. The van der Waals surface area contributed by atoms with Gasteiger partial charge in [0.25, 0.3) is 5.91 Å². The van der Waals surface area contributed by atoms with E-state index in [1.54, 1.807) is 34.9 Å². The number of benzene rings is 1. The quantitative estimate of drug-likeness (QED) is 0.866. The first-order chi connectivity index (χ1) is 12.6. The van der Waals surface area contributed by atoms with E-state index in [1.165, 1.54) is 0 Å². The monoisotopic (exact) mass is 361 g/mol. The fourth-order valence-corrected chi connectivity index (χ4v) is 3.05. The first kappa shape index (κ1) is 18.0. The van der Waals surface area contributed by atoms with Crippen LogP contribution in [-0.4, -0.2) is 67.1 Å². The largest absolute Gasteiger partial charge is 0.491 e. The van der Waals surface area contributed by atoms with Gasteiger partial charge in [-0.2, -0.15) is 0 Å².